The molecule has 5 aromatic rings. The summed E-state index contributed by atoms with van der Waals surface area (Å²) in [5, 5.41) is 11.6. The number of nitrogens with zero attached hydrogens (tertiary/aromatic N) is 1. The van der Waals surface area contributed by atoms with E-state index in [0.717, 1.165) is 38.0 Å². The fraction of sp³-hybridized carbons (Fsp3) is 0. The quantitative estimate of drug-likeness (QED) is 0.272. The molecule has 0 aliphatic heterocycles. The second kappa shape index (κ2) is 8.25. The molecule has 4 heteroatoms. The number of phenols is 1. The molecular weight excluding hydrogens is 450 g/mol. The molecule has 5 rings (SSSR count). The Kier molecular flexibility index (Phi) is 5.14. The standard InChI is InChI=1S/C27H18BrNO2/c28-20-11-13-21(14-12-20)29-17-22-23(30)15-16-24-26(22)25(18-7-3-1-4-8-18)27(31-24)19-9-5-2-6-10-19/h1-17,30H. The number of halogens is 1. The minimum absolute atomic E-state index is 0.158. The van der Waals surface area contributed by atoms with Gasteiger partial charge >= 0.3 is 0 Å². The van der Waals surface area contributed by atoms with Crippen LogP contribution in [0.2, 0.25) is 0 Å². The van der Waals surface area contributed by atoms with E-state index < -0.39 is 0 Å². The smallest absolute Gasteiger partial charge is 0.143 e. The Morgan fingerprint density at radius 2 is 1.39 bits per heavy atom. The monoisotopic (exact) mass is 467 g/mol. The summed E-state index contributed by atoms with van der Waals surface area (Å²) in [6.45, 7) is 0. The Bertz CT molecular complexity index is 1370. The Labute approximate surface area is 188 Å². The molecule has 0 bridgehead atoms. The molecule has 31 heavy (non-hydrogen) atoms. The van der Waals surface area contributed by atoms with Gasteiger partial charge in [-0.1, -0.05) is 76.6 Å². The third kappa shape index (κ3) is 3.78. The predicted molar refractivity (Wildman–Crippen MR) is 130 cm³/mol. The second-order valence-electron chi connectivity index (χ2n) is 7.14. The maximum absolute atomic E-state index is 10.7. The van der Waals surface area contributed by atoms with Gasteiger partial charge in [-0.25, -0.2) is 0 Å². The molecule has 1 N–H and O–H groups in total. The van der Waals surface area contributed by atoms with Gasteiger partial charge in [0, 0.05) is 32.8 Å². The molecule has 1 aromatic heterocycles. The van der Waals surface area contributed by atoms with Gasteiger partial charge in [-0.2, -0.15) is 0 Å². The van der Waals surface area contributed by atoms with Crippen molar-refractivity contribution < 1.29 is 9.52 Å². The molecule has 0 atom stereocenters. The van der Waals surface area contributed by atoms with E-state index in [4.69, 9.17) is 4.42 Å². The van der Waals surface area contributed by atoms with Crippen LogP contribution in [0.15, 0.2) is 111 Å². The van der Waals surface area contributed by atoms with Crippen molar-refractivity contribution in [2.75, 3.05) is 0 Å². The van der Waals surface area contributed by atoms with Gasteiger partial charge in [-0.05, 0) is 42.0 Å². The van der Waals surface area contributed by atoms with Crippen LogP contribution >= 0.6 is 15.9 Å². The molecule has 1 heterocycles. The summed E-state index contributed by atoms with van der Waals surface area (Å²) in [6, 6.07) is 31.3. The molecule has 0 radical (unpaired) electrons. The van der Waals surface area contributed by atoms with Gasteiger partial charge in [0.1, 0.15) is 17.1 Å². The molecule has 0 fully saturated rings. The van der Waals surface area contributed by atoms with Gasteiger partial charge in [0.15, 0.2) is 0 Å². The van der Waals surface area contributed by atoms with E-state index in [-0.39, 0.29) is 5.75 Å². The van der Waals surface area contributed by atoms with E-state index in [1.165, 1.54) is 0 Å². The van der Waals surface area contributed by atoms with Crippen molar-refractivity contribution in [1.29, 1.82) is 0 Å². The first-order valence-corrected chi connectivity index (χ1v) is 10.7. The predicted octanol–water partition coefficient (Wildman–Crippen LogP) is 7.99. The van der Waals surface area contributed by atoms with Gasteiger partial charge in [-0.15, -0.1) is 0 Å². The zero-order valence-corrected chi connectivity index (χ0v) is 18.1. The average molecular weight is 468 g/mol. The van der Waals surface area contributed by atoms with E-state index in [1.54, 1.807) is 18.3 Å². The van der Waals surface area contributed by atoms with Crippen molar-refractivity contribution in [1.82, 2.24) is 0 Å². The van der Waals surface area contributed by atoms with Crippen molar-refractivity contribution >= 4 is 38.8 Å². The van der Waals surface area contributed by atoms with Crippen LogP contribution in [0, 0.1) is 0 Å². The van der Waals surface area contributed by atoms with Gasteiger partial charge in [0.2, 0.25) is 0 Å². The fourth-order valence-corrected chi connectivity index (χ4v) is 3.94. The maximum Gasteiger partial charge on any atom is 0.143 e. The fourth-order valence-electron chi connectivity index (χ4n) is 3.68. The van der Waals surface area contributed by atoms with Gasteiger partial charge in [0.25, 0.3) is 0 Å². The minimum Gasteiger partial charge on any atom is -0.507 e. The Morgan fingerprint density at radius 1 is 0.742 bits per heavy atom. The lowest BCUT2D eigenvalue weighted by Crippen LogP contribution is -1.87. The van der Waals surface area contributed by atoms with Gasteiger partial charge < -0.3 is 9.52 Å². The molecule has 150 valence electrons. The summed E-state index contributed by atoms with van der Waals surface area (Å²) in [4.78, 5) is 4.60. The normalized spacial score (nSPS) is 11.4. The molecule has 0 amide bonds. The van der Waals surface area contributed by atoms with E-state index in [1.807, 2.05) is 72.8 Å². The lowest BCUT2D eigenvalue weighted by molar-refractivity contribution is 0.475. The number of aliphatic imine (C=N–C) groups is 1. The van der Waals surface area contributed by atoms with Gasteiger partial charge in [0.05, 0.1) is 5.69 Å². The first kappa shape index (κ1) is 19.3. The van der Waals surface area contributed by atoms with Crippen LogP contribution in [0.25, 0.3) is 33.4 Å². The molecule has 0 unspecified atom stereocenters. The Balaban J connectivity index is 1.77. The summed E-state index contributed by atoms with van der Waals surface area (Å²) in [7, 11) is 0. The van der Waals surface area contributed by atoms with Crippen LogP contribution in [0.1, 0.15) is 5.56 Å². The SMILES string of the molecule is Oc1ccc2oc(-c3ccccc3)c(-c3ccccc3)c2c1C=Nc1ccc(Br)cc1. The van der Waals surface area contributed by atoms with E-state index >= 15 is 0 Å². The summed E-state index contributed by atoms with van der Waals surface area (Å²) in [6.07, 6.45) is 1.71. The van der Waals surface area contributed by atoms with Crippen molar-refractivity contribution in [3.63, 3.8) is 0 Å². The number of hydrogen-bond acceptors (Lipinski definition) is 3. The third-order valence-electron chi connectivity index (χ3n) is 5.14. The van der Waals surface area contributed by atoms with Crippen LogP contribution in [0.5, 0.6) is 5.75 Å². The Hall–Kier alpha value is -3.63. The highest BCUT2D eigenvalue weighted by Gasteiger charge is 2.21. The molecule has 0 saturated heterocycles. The Morgan fingerprint density at radius 3 is 2.06 bits per heavy atom. The molecular formula is C27H18BrNO2. The third-order valence-corrected chi connectivity index (χ3v) is 5.67. The summed E-state index contributed by atoms with van der Waals surface area (Å²) < 4.78 is 7.31. The minimum atomic E-state index is 0.158. The maximum atomic E-state index is 10.7. The summed E-state index contributed by atoms with van der Waals surface area (Å²) in [5.41, 5.74) is 5.07. The first-order valence-electron chi connectivity index (χ1n) is 9.89. The molecule has 4 aromatic carbocycles. The number of phenolic OH excluding ortho intramolecular Hbond substituents is 1. The van der Waals surface area contributed by atoms with Crippen LogP contribution in [-0.4, -0.2) is 11.3 Å². The molecule has 0 aliphatic carbocycles. The molecule has 3 nitrogen and oxygen atoms in total. The van der Waals surface area contributed by atoms with Crippen molar-refractivity contribution in [3.05, 3.63) is 107 Å². The number of rotatable bonds is 4. The van der Waals surface area contributed by atoms with E-state index in [9.17, 15) is 5.11 Å². The van der Waals surface area contributed by atoms with Gasteiger partial charge in [-0.3, -0.25) is 4.99 Å². The highest BCUT2D eigenvalue weighted by Crippen LogP contribution is 2.43. The molecule has 0 spiro atoms. The number of aromatic hydroxyl groups is 1. The number of benzene rings is 4. The van der Waals surface area contributed by atoms with Crippen LogP contribution in [0.4, 0.5) is 5.69 Å². The lowest BCUT2D eigenvalue weighted by atomic mass is 9.96. The first-order chi connectivity index (χ1) is 15.2. The average Bonchev–Trinajstić information content (AvgIpc) is 3.20. The number of hydrogen-bond donors (Lipinski definition) is 1. The zero-order valence-electron chi connectivity index (χ0n) is 16.5. The van der Waals surface area contributed by atoms with Crippen molar-refractivity contribution in [2.24, 2.45) is 4.99 Å². The second-order valence-corrected chi connectivity index (χ2v) is 8.06. The topological polar surface area (TPSA) is 45.7 Å². The van der Waals surface area contributed by atoms with Crippen molar-refractivity contribution in [2.45, 2.75) is 0 Å². The van der Waals surface area contributed by atoms with Crippen molar-refractivity contribution in [3.8, 4) is 28.2 Å². The largest absolute Gasteiger partial charge is 0.507 e. The summed E-state index contributed by atoms with van der Waals surface area (Å²) >= 11 is 3.44. The van der Waals surface area contributed by atoms with Crippen LogP contribution in [-0.2, 0) is 0 Å². The van der Waals surface area contributed by atoms with E-state index in [0.29, 0.717) is 11.1 Å². The molecule has 0 aliphatic rings. The number of fused-ring (bicyclic) bond motifs is 1. The molecule has 0 saturated carbocycles. The van der Waals surface area contributed by atoms with E-state index in [2.05, 4.69) is 33.1 Å². The number of furan rings is 1. The lowest BCUT2D eigenvalue weighted by Gasteiger charge is -2.06. The zero-order chi connectivity index (χ0) is 21.2. The highest BCUT2D eigenvalue weighted by molar-refractivity contribution is 9.10. The highest BCUT2D eigenvalue weighted by atomic mass is 79.9. The summed E-state index contributed by atoms with van der Waals surface area (Å²) in [5.74, 6) is 0.927. The van der Waals surface area contributed by atoms with Crippen LogP contribution in [0.3, 0.4) is 0 Å². The van der Waals surface area contributed by atoms with Crippen LogP contribution < -0.4 is 0 Å².